The van der Waals surface area contributed by atoms with Crippen molar-refractivity contribution < 1.29 is 19.3 Å². The van der Waals surface area contributed by atoms with Crippen LogP contribution in [0.1, 0.15) is 18.5 Å². The SMILES string of the molecule is OCC[SH+]C1(c2cc(N3CCOCC3)nc(-c3ccc(NCOCOc4ccccc4)cc3)n2)CC1. The maximum Gasteiger partial charge on any atom is 0.191 e. The van der Waals surface area contributed by atoms with Crippen LogP contribution in [0.25, 0.3) is 11.4 Å². The highest BCUT2D eigenvalue weighted by atomic mass is 32.2. The first-order chi connectivity index (χ1) is 17.8. The summed E-state index contributed by atoms with van der Waals surface area (Å²) in [6.45, 7) is 3.79. The lowest BCUT2D eigenvalue weighted by Gasteiger charge is -2.28. The molecule has 2 N–H and O–H groups in total. The van der Waals surface area contributed by atoms with Crippen molar-refractivity contribution in [3.63, 3.8) is 0 Å². The summed E-state index contributed by atoms with van der Waals surface area (Å²) in [5.74, 6) is 3.24. The van der Waals surface area contributed by atoms with Gasteiger partial charge < -0.3 is 29.5 Å². The minimum absolute atomic E-state index is 0.0438. The van der Waals surface area contributed by atoms with Crippen LogP contribution >= 0.6 is 0 Å². The first-order valence-electron chi connectivity index (χ1n) is 12.4. The average molecular weight is 510 g/mol. The van der Waals surface area contributed by atoms with Gasteiger partial charge >= 0.3 is 0 Å². The van der Waals surface area contributed by atoms with E-state index in [9.17, 15) is 5.11 Å². The van der Waals surface area contributed by atoms with Gasteiger partial charge in [-0.15, -0.1) is 0 Å². The van der Waals surface area contributed by atoms with Crippen molar-refractivity contribution in [1.29, 1.82) is 0 Å². The van der Waals surface area contributed by atoms with E-state index in [0.717, 1.165) is 66.0 Å². The summed E-state index contributed by atoms with van der Waals surface area (Å²) < 4.78 is 16.7. The topological polar surface area (TPSA) is 89.0 Å². The summed E-state index contributed by atoms with van der Waals surface area (Å²) in [5, 5.41) is 12.6. The Morgan fingerprint density at radius 1 is 1.03 bits per heavy atom. The van der Waals surface area contributed by atoms with E-state index in [0.29, 0.717) is 19.9 Å². The van der Waals surface area contributed by atoms with Crippen LogP contribution in [0.5, 0.6) is 5.75 Å². The van der Waals surface area contributed by atoms with Gasteiger partial charge in [0.25, 0.3) is 0 Å². The van der Waals surface area contributed by atoms with Gasteiger partial charge in [-0.3, -0.25) is 0 Å². The van der Waals surface area contributed by atoms with Gasteiger partial charge in [-0.1, -0.05) is 18.2 Å². The lowest BCUT2D eigenvalue weighted by Crippen LogP contribution is -2.37. The zero-order chi connectivity index (χ0) is 24.6. The fourth-order valence-corrected chi connectivity index (χ4v) is 5.41. The summed E-state index contributed by atoms with van der Waals surface area (Å²) in [6.07, 6.45) is 2.20. The molecule has 2 aliphatic rings. The van der Waals surface area contributed by atoms with Crippen LogP contribution in [0.4, 0.5) is 11.5 Å². The van der Waals surface area contributed by atoms with Crippen molar-refractivity contribution in [2.75, 3.05) is 62.4 Å². The summed E-state index contributed by atoms with van der Waals surface area (Å²) in [6, 6.07) is 19.8. The van der Waals surface area contributed by atoms with E-state index in [2.05, 4.69) is 16.3 Å². The highest BCUT2D eigenvalue weighted by molar-refractivity contribution is 7.79. The fraction of sp³-hybridized carbons (Fsp3) is 0.407. The van der Waals surface area contributed by atoms with Crippen molar-refractivity contribution in [3.8, 4) is 17.1 Å². The molecule has 1 aromatic heterocycles. The molecule has 1 saturated heterocycles. The largest absolute Gasteiger partial charge is 0.467 e. The molecule has 3 aromatic rings. The molecule has 0 bridgehead atoms. The van der Waals surface area contributed by atoms with Crippen LogP contribution in [0.2, 0.25) is 0 Å². The summed E-state index contributed by atoms with van der Waals surface area (Å²) in [4.78, 5) is 12.2. The Labute approximate surface area is 216 Å². The van der Waals surface area contributed by atoms with Crippen molar-refractivity contribution in [2.45, 2.75) is 17.6 Å². The Morgan fingerprint density at radius 2 is 1.81 bits per heavy atom. The number of para-hydroxylation sites is 1. The summed E-state index contributed by atoms with van der Waals surface area (Å²) in [7, 11) is 0. The van der Waals surface area contributed by atoms with Crippen molar-refractivity contribution >= 4 is 23.3 Å². The Morgan fingerprint density at radius 3 is 2.53 bits per heavy atom. The molecule has 8 nitrogen and oxygen atoms in total. The van der Waals surface area contributed by atoms with Gasteiger partial charge in [0.05, 0.1) is 19.8 Å². The van der Waals surface area contributed by atoms with Crippen molar-refractivity contribution in [1.82, 2.24) is 9.97 Å². The van der Waals surface area contributed by atoms with E-state index in [1.54, 1.807) is 0 Å². The van der Waals surface area contributed by atoms with Crippen LogP contribution in [0.3, 0.4) is 0 Å². The Hall–Kier alpha value is -2.85. The first-order valence-corrected chi connectivity index (χ1v) is 13.5. The van der Waals surface area contributed by atoms with Gasteiger partial charge in [-0.25, -0.2) is 9.97 Å². The zero-order valence-corrected chi connectivity index (χ0v) is 21.2. The number of aliphatic hydroxyl groups excluding tert-OH is 1. The molecule has 1 aliphatic carbocycles. The molecule has 36 heavy (non-hydrogen) atoms. The number of anilines is 2. The molecule has 2 heterocycles. The molecule has 2 fully saturated rings. The normalized spacial score (nSPS) is 16.5. The number of nitrogens with one attached hydrogen (secondary N) is 1. The molecule has 0 spiro atoms. The predicted octanol–water partition coefficient (Wildman–Crippen LogP) is 3.20. The predicted molar refractivity (Wildman–Crippen MR) is 144 cm³/mol. The number of morpholine rings is 1. The highest BCUT2D eigenvalue weighted by Gasteiger charge is 2.54. The molecular weight excluding hydrogens is 476 g/mol. The van der Waals surface area contributed by atoms with Crippen LogP contribution in [0.15, 0.2) is 60.7 Å². The molecule has 190 valence electrons. The number of aromatic nitrogens is 2. The third-order valence-electron chi connectivity index (χ3n) is 6.34. The van der Waals surface area contributed by atoms with E-state index in [-0.39, 0.29) is 18.1 Å². The number of hydrogen-bond donors (Lipinski definition) is 2. The fourth-order valence-electron chi connectivity index (χ4n) is 4.17. The Kier molecular flexibility index (Phi) is 8.22. The smallest absolute Gasteiger partial charge is 0.191 e. The monoisotopic (exact) mass is 509 g/mol. The number of thiol groups is 1. The molecule has 1 aliphatic heterocycles. The van der Waals surface area contributed by atoms with Gasteiger partial charge in [0.2, 0.25) is 0 Å². The molecular formula is C27H33N4O4S+. The van der Waals surface area contributed by atoms with Crippen LogP contribution in [-0.2, 0) is 26.0 Å². The third kappa shape index (κ3) is 6.28. The summed E-state index contributed by atoms with van der Waals surface area (Å²) >= 11 is 1.24. The maximum absolute atomic E-state index is 9.38. The first kappa shape index (κ1) is 24.8. The second-order valence-corrected chi connectivity index (χ2v) is 10.5. The molecule has 0 unspecified atom stereocenters. The molecule has 0 radical (unpaired) electrons. The van der Waals surface area contributed by atoms with Gasteiger partial charge in [0.1, 0.15) is 29.7 Å². The lowest BCUT2D eigenvalue weighted by atomic mass is 10.1. The number of benzene rings is 2. The van der Waals surface area contributed by atoms with E-state index in [1.807, 2.05) is 54.6 Å². The van der Waals surface area contributed by atoms with Crippen molar-refractivity contribution in [2.24, 2.45) is 0 Å². The lowest BCUT2D eigenvalue weighted by molar-refractivity contribution is 0.0251. The minimum atomic E-state index is 0.0438. The zero-order valence-electron chi connectivity index (χ0n) is 20.3. The Bertz CT molecular complexity index is 1110. The number of aliphatic hydroxyl groups is 1. The standard InChI is InChI=1S/C27H32N4O4S/c32-14-17-36-27(10-11-27)24-18-25(31-12-15-33-16-13-31)30-26(29-24)21-6-8-22(9-7-21)28-19-34-20-35-23-4-2-1-3-5-23/h1-9,18,28,32H,10-17,19-20H2/p+1. The Balaban J connectivity index is 1.25. The second kappa shape index (κ2) is 11.9. The summed E-state index contributed by atoms with van der Waals surface area (Å²) in [5.41, 5.74) is 3.00. The average Bonchev–Trinajstić information content (AvgIpc) is 3.74. The second-order valence-electron chi connectivity index (χ2n) is 8.85. The van der Waals surface area contributed by atoms with Crippen LogP contribution < -0.4 is 15.0 Å². The molecule has 0 amide bonds. The third-order valence-corrected chi connectivity index (χ3v) is 8.04. The van der Waals surface area contributed by atoms with E-state index in [4.69, 9.17) is 24.2 Å². The molecule has 2 aromatic carbocycles. The molecule has 0 atom stereocenters. The quantitative estimate of drug-likeness (QED) is 0.167. The minimum Gasteiger partial charge on any atom is -0.467 e. The van der Waals surface area contributed by atoms with E-state index >= 15 is 0 Å². The molecule has 1 saturated carbocycles. The molecule has 5 rings (SSSR count). The number of ether oxygens (including phenoxy) is 3. The number of rotatable bonds is 12. The van der Waals surface area contributed by atoms with Crippen molar-refractivity contribution in [3.05, 3.63) is 66.4 Å². The highest BCUT2D eigenvalue weighted by Crippen LogP contribution is 2.49. The van der Waals surface area contributed by atoms with Gasteiger partial charge in [0, 0.05) is 43.2 Å². The van der Waals surface area contributed by atoms with E-state index < -0.39 is 0 Å². The molecule has 9 heteroatoms. The van der Waals surface area contributed by atoms with Gasteiger partial charge in [0.15, 0.2) is 17.4 Å². The van der Waals surface area contributed by atoms with Crippen LogP contribution in [-0.4, -0.2) is 67.3 Å². The maximum atomic E-state index is 9.38. The van der Waals surface area contributed by atoms with E-state index in [1.165, 1.54) is 11.8 Å². The number of hydrogen-bond acceptors (Lipinski definition) is 8. The van der Waals surface area contributed by atoms with Gasteiger partial charge in [-0.2, -0.15) is 0 Å². The van der Waals surface area contributed by atoms with Crippen LogP contribution in [0, 0.1) is 0 Å². The number of nitrogens with zero attached hydrogens (tertiary/aromatic N) is 3. The van der Waals surface area contributed by atoms with Gasteiger partial charge in [-0.05, 0) is 48.2 Å².